The number of hydrogen-bond acceptors (Lipinski definition) is 8. The fourth-order valence-corrected chi connectivity index (χ4v) is 3.82. The molecule has 8 heteroatoms. The minimum atomic E-state index is -0.306. The lowest BCUT2D eigenvalue weighted by Crippen LogP contribution is -2.06. The Bertz CT molecular complexity index is 1370. The molecule has 0 bridgehead atoms. The molecule has 0 radical (unpaired) electrons. The van der Waals surface area contributed by atoms with Crippen LogP contribution in [0.25, 0.3) is 22.3 Å². The smallest absolute Gasteiger partial charge is 0.205 e. The summed E-state index contributed by atoms with van der Waals surface area (Å²) in [6.07, 6.45) is 0. The van der Waals surface area contributed by atoms with E-state index in [4.69, 9.17) is 32.8 Å². The van der Waals surface area contributed by atoms with Gasteiger partial charge in [-0.15, -0.1) is 0 Å². The largest absolute Gasteiger partial charge is 0.496 e. The molecule has 182 valence electrons. The monoisotopic (exact) mass is 478 g/mol. The van der Waals surface area contributed by atoms with Gasteiger partial charge in [0.1, 0.15) is 23.5 Å². The second kappa shape index (κ2) is 10.3. The van der Waals surface area contributed by atoms with E-state index in [9.17, 15) is 4.79 Å². The van der Waals surface area contributed by atoms with Gasteiger partial charge in [0.2, 0.25) is 11.5 Å². The molecule has 4 aromatic rings. The summed E-state index contributed by atoms with van der Waals surface area (Å²) in [4.78, 5) is 13.2. The molecular weight excluding hydrogens is 452 g/mol. The summed E-state index contributed by atoms with van der Waals surface area (Å²) < 4.78 is 39.7. The first-order chi connectivity index (χ1) is 17.0. The molecule has 4 rings (SSSR count). The van der Waals surface area contributed by atoms with Crippen LogP contribution in [0, 0.1) is 0 Å². The lowest BCUT2D eigenvalue weighted by molar-refractivity contribution is 0.282. The zero-order chi connectivity index (χ0) is 24.9. The SMILES string of the molecule is COc1cc(-c2cc(=O)c3c(OC)cc(OCc4ccccc4)c(OC)c3o2)cc(OC)c1OC. The third kappa shape index (κ3) is 4.55. The highest BCUT2D eigenvalue weighted by Gasteiger charge is 2.22. The van der Waals surface area contributed by atoms with Crippen molar-refractivity contribution >= 4 is 11.0 Å². The van der Waals surface area contributed by atoms with Gasteiger partial charge in [-0.2, -0.15) is 0 Å². The van der Waals surface area contributed by atoms with E-state index in [2.05, 4.69) is 0 Å². The van der Waals surface area contributed by atoms with Crippen LogP contribution in [-0.4, -0.2) is 35.5 Å². The van der Waals surface area contributed by atoms with Gasteiger partial charge in [-0.1, -0.05) is 30.3 Å². The minimum absolute atomic E-state index is 0.200. The van der Waals surface area contributed by atoms with Gasteiger partial charge < -0.3 is 32.8 Å². The first kappa shape index (κ1) is 23.8. The van der Waals surface area contributed by atoms with Gasteiger partial charge in [0.15, 0.2) is 28.3 Å². The molecular formula is C27H26O8. The molecule has 3 aromatic carbocycles. The van der Waals surface area contributed by atoms with E-state index in [1.165, 1.54) is 41.6 Å². The van der Waals surface area contributed by atoms with Crippen LogP contribution in [0.1, 0.15) is 5.56 Å². The molecule has 0 aliphatic carbocycles. The van der Waals surface area contributed by atoms with E-state index in [1.54, 1.807) is 18.2 Å². The van der Waals surface area contributed by atoms with Crippen LogP contribution < -0.4 is 33.8 Å². The molecule has 0 atom stereocenters. The molecule has 35 heavy (non-hydrogen) atoms. The predicted molar refractivity (Wildman–Crippen MR) is 131 cm³/mol. The maximum Gasteiger partial charge on any atom is 0.205 e. The van der Waals surface area contributed by atoms with Gasteiger partial charge in [0.25, 0.3) is 0 Å². The van der Waals surface area contributed by atoms with Crippen LogP contribution in [0.5, 0.6) is 34.5 Å². The van der Waals surface area contributed by atoms with E-state index in [1.807, 2.05) is 30.3 Å². The lowest BCUT2D eigenvalue weighted by atomic mass is 10.1. The molecule has 0 spiro atoms. The lowest BCUT2D eigenvalue weighted by Gasteiger charge is -2.16. The third-order valence-electron chi connectivity index (χ3n) is 5.50. The molecule has 0 unspecified atom stereocenters. The third-order valence-corrected chi connectivity index (χ3v) is 5.50. The predicted octanol–water partition coefficient (Wildman–Crippen LogP) is 5.08. The van der Waals surface area contributed by atoms with E-state index >= 15 is 0 Å². The molecule has 0 amide bonds. The fraction of sp³-hybridized carbons (Fsp3) is 0.222. The Morgan fingerprint density at radius 2 is 1.31 bits per heavy atom. The molecule has 1 heterocycles. The van der Waals surface area contributed by atoms with Crippen LogP contribution in [0.2, 0.25) is 0 Å². The fourth-order valence-electron chi connectivity index (χ4n) is 3.82. The zero-order valence-electron chi connectivity index (χ0n) is 20.2. The van der Waals surface area contributed by atoms with Crippen molar-refractivity contribution in [1.29, 1.82) is 0 Å². The average Bonchev–Trinajstić information content (AvgIpc) is 2.90. The molecule has 0 fully saturated rings. The standard InChI is InChI=1S/C27H26O8/c1-29-20-14-23(34-15-16-9-7-6-8-10-16)26(33-5)27-24(20)18(28)13-19(35-27)17-11-21(30-2)25(32-4)22(12-17)31-3/h6-14H,15H2,1-5H3. The molecule has 1 aromatic heterocycles. The van der Waals surface area contributed by atoms with Crippen molar-refractivity contribution in [2.75, 3.05) is 35.5 Å². The molecule has 0 aliphatic rings. The Balaban J connectivity index is 1.90. The summed E-state index contributed by atoms with van der Waals surface area (Å²) >= 11 is 0. The molecule has 0 aliphatic heterocycles. The summed E-state index contributed by atoms with van der Waals surface area (Å²) in [5, 5.41) is 0.243. The van der Waals surface area contributed by atoms with Gasteiger partial charge in [0.05, 0.1) is 35.5 Å². The van der Waals surface area contributed by atoms with E-state index in [-0.39, 0.29) is 27.9 Å². The van der Waals surface area contributed by atoms with Crippen molar-refractivity contribution in [2.24, 2.45) is 0 Å². The van der Waals surface area contributed by atoms with Gasteiger partial charge in [-0.05, 0) is 17.7 Å². The first-order valence-corrected chi connectivity index (χ1v) is 10.7. The number of rotatable bonds is 9. The van der Waals surface area contributed by atoms with Crippen molar-refractivity contribution in [3.63, 3.8) is 0 Å². The highest BCUT2D eigenvalue weighted by atomic mass is 16.5. The maximum atomic E-state index is 13.2. The summed E-state index contributed by atoms with van der Waals surface area (Å²) in [7, 11) is 7.52. The van der Waals surface area contributed by atoms with Gasteiger partial charge in [0, 0.05) is 17.7 Å². The zero-order valence-corrected chi connectivity index (χ0v) is 20.2. The molecule has 0 saturated heterocycles. The number of benzene rings is 3. The van der Waals surface area contributed by atoms with E-state index in [0.29, 0.717) is 40.9 Å². The van der Waals surface area contributed by atoms with Crippen molar-refractivity contribution in [1.82, 2.24) is 0 Å². The molecule has 0 saturated carbocycles. The number of fused-ring (bicyclic) bond motifs is 1. The Morgan fingerprint density at radius 3 is 1.89 bits per heavy atom. The molecule has 0 N–H and O–H groups in total. The summed E-state index contributed by atoms with van der Waals surface area (Å²) in [6.45, 7) is 0.294. The Hall–Kier alpha value is -4.33. The highest BCUT2D eigenvalue weighted by molar-refractivity contribution is 5.92. The van der Waals surface area contributed by atoms with Gasteiger partial charge in [-0.3, -0.25) is 4.79 Å². The highest BCUT2D eigenvalue weighted by Crippen LogP contribution is 2.44. The topological polar surface area (TPSA) is 85.6 Å². The number of ether oxygens (including phenoxy) is 6. The Morgan fingerprint density at radius 1 is 0.686 bits per heavy atom. The van der Waals surface area contributed by atoms with Crippen LogP contribution in [-0.2, 0) is 6.61 Å². The summed E-state index contributed by atoms with van der Waals surface area (Å²) in [6, 6.07) is 16.1. The van der Waals surface area contributed by atoms with Crippen LogP contribution in [0.4, 0.5) is 0 Å². The van der Waals surface area contributed by atoms with Crippen molar-refractivity contribution < 1.29 is 32.8 Å². The number of methoxy groups -OCH3 is 5. The first-order valence-electron chi connectivity index (χ1n) is 10.7. The normalized spacial score (nSPS) is 10.7. The minimum Gasteiger partial charge on any atom is -0.496 e. The summed E-state index contributed by atoms with van der Waals surface area (Å²) in [5.41, 5.74) is 1.42. The average molecular weight is 478 g/mol. The van der Waals surface area contributed by atoms with Gasteiger partial charge in [-0.25, -0.2) is 0 Å². The Kier molecular flexibility index (Phi) is 7.01. The second-order valence-electron chi connectivity index (χ2n) is 7.48. The van der Waals surface area contributed by atoms with Gasteiger partial charge >= 0.3 is 0 Å². The van der Waals surface area contributed by atoms with E-state index in [0.717, 1.165) is 5.56 Å². The second-order valence-corrected chi connectivity index (χ2v) is 7.48. The summed E-state index contributed by atoms with van der Waals surface area (Å²) in [5.74, 6) is 2.53. The van der Waals surface area contributed by atoms with Crippen molar-refractivity contribution in [3.8, 4) is 45.8 Å². The number of hydrogen-bond donors (Lipinski definition) is 0. The van der Waals surface area contributed by atoms with Crippen molar-refractivity contribution in [2.45, 2.75) is 6.61 Å². The molecule has 8 nitrogen and oxygen atoms in total. The maximum absolute atomic E-state index is 13.2. The van der Waals surface area contributed by atoms with Crippen LogP contribution in [0.3, 0.4) is 0 Å². The Labute approximate surface area is 202 Å². The van der Waals surface area contributed by atoms with Crippen LogP contribution >= 0.6 is 0 Å². The van der Waals surface area contributed by atoms with E-state index < -0.39 is 0 Å². The van der Waals surface area contributed by atoms with Crippen LogP contribution in [0.15, 0.2) is 63.8 Å². The van der Waals surface area contributed by atoms with Crippen molar-refractivity contribution in [3.05, 3.63) is 70.4 Å². The quantitative estimate of drug-likeness (QED) is 0.329.